The maximum Gasteiger partial charge on any atom is 0.309 e. The average Bonchev–Trinajstić information content (AvgIpc) is 2.17. The van der Waals surface area contributed by atoms with Crippen LogP contribution in [0.2, 0.25) is 0 Å². The lowest BCUT2D eigenvalue weighted by Crippen LogP contribution is -2.38. The molecule has 0 bridgehead atoms. The maximum atomic E-state index is 11.1. The number of hydrogen-bond acceptors (Lipinski definition) is 2. The van der Waals surface area contributed by atoms with Crippen molar-refractivity contribution < 1.29 is 15.0 Å². The molecule has 0 aromatic carbocycles. The van der Waals surface area contributed by atoms with E-state index in [2.05, 4.69) is 20.8 Å². The zero-order chi connectivity index (χ0) is 12.3. The lowest BCUT2D eigenvalue weighted by Gasteiger charge is -2.39. The van der Waals surface area contributed by atoms with Gasteiger partial charge in [0.05, 0.1) is 12.5 Å². The predicted octanol–water partition coefficient (Wildman–Crippen LogP) is 2.39. The molecule has 4 atom stereocenters. The SMILES string of the molecule is CC(C)[C@@H]1CC[C@@H](C)C[C@H]1C(CO)C(=O)O. The molecule has 0 saturated heterocycles. The summed E-state index contributed by atoms with van der Waals surface area (Å²) >= 11 is 0. The highest BCUT2D eigenvalue weighted by atomic mass is 16.4. The molecular formula is C13H24O3. The van der Waals surface area contributed by atoms with Gasteiger partial charge in [0, 0.05) is 0 Å². The number of carboxylic acid groups (broad SMARTS) is 1. The summed E-state index contributed by atoms with van der Waals surface area (Å²) in [5.41, 5.74) is 0. The number of aliphatic hydroxyl groups is 1. The van der Waals surface area contributed by atoms with Crippen LogP contribution in [0.25, 0.3) is 0 Å². The summed E-state index contributed by atoms with van der Waals surface area (Å²) in [6, 6.07) is 0. The Hall–Kier alpha value is -0.570. The van der Waals surface area contributed by atoms with Crippen LogP contribution in [0.5, 0.6) is 0 Å². The van der Waals surface area contributed by atoms with Gasteiger partial charge in [0.25, 0.3) is 0 Å². The van der Waals surface area contributed by atoms with Crippen molar-refractivity contribution in [2.45, 2.75) is 40.0 Å². The minimum Gasteiger partial charge on any atom is -0.481 e. The third-order valence-electron chi connectivity index (χ3n) is 4.10. The molecule has 0 amide bonds. The van der Waals surface area contributed by atoms with Crippen LogP contribution in [0.15, 0.2) is 0 Å². The Morgan fingerprint density at radius 2 is 1.94 bits per heavy atom. The van der Waals surface area contributed by atoms with Gasteiger partial charge in [0.1, 0.15) is 0 Å². The van der Waals surface area contributed by atoms with E-state index in [1.807, 2.05) is 0 Å². The van der Waals surface area contributed by atoms with Crippen molar-refractivity contribution in [1.82, 2.24) is 0 Å². The standard InChI is InChI=1S/C13H24O3/c1-8(2)10-5-4-9(3)6-11(10)12(7-14)13(15)16/h8-12,14H,4-7H2,1-3H3,(H,15,16)/t9-,10+,11-,12?/m1/s1. The Balaban J connectivity index is 2.81. The summed E-state index contributed by atoms with van der Waals surface area (Å²) in [6.45, 7) is 6.27. The fourth-order valence-corrected chi connectivity index (χ4v) is 3.14. The van der Waals surface area contributed by atoms with Gasteiger partial charge in [-0.3, -0.25) is 4.79 Å². The van der Waals surface area contributed by atoms with Crippen LogP contribution >= 0.6 is 0 Å². The van der Waals surface area contributed by atoms with Gasteiger partial charge in [-0.25, -0.2) is 0 Å². The molecule has 16 heavy (non-hydrogen) atoms. The second-order valence-electron chi connectivity index (χ2n) is 5.62. The smallest absolute Gasteiger partial charge is 0.309 e. The van der Waals surface area contributed by atoms with Crippen molar-refractivity contribution in [2.75, 3.05) is 6.61 Å². The highest BCUT2D eigenvalue weighted by Crippen LogP contribution is 2.41. The molecule has 3 heteroatoms. The monoisotopic (exact) mass is 228 g/mol. The average molecular weight is 228 g/mol. The van der Waals surface area contributed by atoms with Crippen LogP contribution < -0.4 is 0 Å². The quantitative estimate of drug-likeness (QED) is 0.776. The van der Waals surface area contributed by atoms with Crippen LogP contribution in [0.3, 0.4) is 0 Å². The normalized spacial score (nSPS) is 32.7. The van der Waals surface area contributed by atoms with Gasteiger partial charge in [-0.05, 0) is 36.5 Å². The third kappa shape index (κ3) is 2.97. The Bertz CT molecular complexity index is 237. The van der Waals surface area contributed by atoms with Crippen molar-refractivity contribution in [2.24, 2.45) is 29.6 Å². The first-order valence-corrected chi connectivity index (χ1v) is 6.31. The van der Waals surface area contributed by atoms with Crippen LogP contribution in [0, 0.1) is 29.6 Å². The summed E-state index contributed by atoms with van der Waals surface area (Å²) < 4.78 is 0. The fraction of sp³-hybridized carbons (Fsp3) is 0.923. The van der Waals surface area contributed by atoms with E-state index in [1.165, 1.54) is 6.42 Å². The van der Waals surface area contributed by atoms with Crippen LogP contribution in [0.1, 0.15) is 40.0 Å². The van der Waals surface area contributed by atoms with Gasteiger partial charge in [-0.15, -0.1) is 0 Å². The Labute approximate surface area is 97.9 Å². The first kappa shape index (κ1) is 13.5. The Morgan fingerprint density at radius 3 is 2.38 bits per heavy atom. The third-order valence-corrected chi connectivity index (χ3v) is 4.10. The second kappa shape index (κ2) is 5.67. The summed E-state index contributed by atoms with van der Waals surface area (Å²) in [5, 5.41) is 18.4. The number of carboxylic acids is 1. The molecule has 1 aliphatic rings. The Morgan fingerprint density at radius 1 is 1.31 bits per heavy atom. The number of aliphatic hydroxyl groups excluding tert-OH is 1. The highest BCUT2D eigenvalue weighted by Gasteiger charge is 2.38. The first-order valence-electron chi connectivity index (χ1n) is 6.31. The van der Waals surface area contributed by atoms with E-state index in [4.69, 9.17) is 5.11 Å². The van der Waals surface area contributed by atoms with Crippen LogP contribution in [-0.4, -0.2) is 22.8 Å². The molecule has 0 aliphatic heterocycles. The minimum absolute atomic E-state index is 0.145. The minimum atomic E-state index is -0.841. The van der Waals surface area contributed by atoms with Gasteiger partial charge in [-0.1, -0.05) is 27.2 Å². The largest absolute Gasteiger partial charge is 0.481 e. The van der Waals surface area contributed by atoms with Crippen molar-refractivity contribution in [3.8, 4) is 0 Å². The molecule has 1 unspecified atom stereocenters. The van der Waals surface area contributed by atoms with Gasteiger partial charge in [0.2, 0.25) is 0 Å². The van der Waals surface area contributed by atoms with Crippen molar-refractivity contribution in [1.29, 1.82) is 0 Å². The van der Waals surface area contributed by atoms with Gasteiger partial charge in [0.15, 0.2) is 0 Å². The van der Waals surface area contributed by atoms with Crippen LogP contribution in [-0.2, 0) is 4.79 Å². The van der Waals surface area contributed by atoms with Crippen molar-refractivity contribution in [3.63, 3.8) is 0 Å². The van der Waals surface area contributed by atoms with E-state index >= 15 is 0 Å². The van der Waals surface area contributed by atoms with Gasteiger partial charge < -0.3 is 10.2 Å². The lowest BCUT2D eigenvalue weighted by atomic mass is 9.65. The molecule has 0 spiro atoms. The summed E-state index contributed by atoms with van der Waals surface area (Å²) in [5.74, 6) is 0.275. The van der Waals surface area contributed by atoms with Gasteiger partial charge >= 0.3 is 5.97 Å². The predicted molar refractivity (Wildman–Crippen MR) is 63.0 cm³/mol. The summed E-state index contributed by atoms with van der Waals surface area (Å²) in [7, 11) is 0. The first-order chi connectivity index (χ1) is 7.47. The molecule has 1 fully saturated rings. The molecule has 1 saturated carbocycles. The molecule has 0 aromatic rings. The molecule has 0 radical (unpaired) electrons. The van der Waals surface area contributed by atoms with E-state index in [0.717, 1.165) is 12.8 Å². The number of carbonyl (C=O) groups is 1. The van der Waals surface area contributed by atoms with E-state index in [1.54, 1.807) is 0 Å². The van der Waals surface area contributed by atoms with E-state index in [0.29, 0.717) is 17.8 Å². The molecule has 1 aliphatic carbocycles. The van der Waals surface area contributed by atoms with E-state index < -0.39 is 11.9 Å². The molecular weight excluding hydrogens is 204 g/mol. The Kier molecular flexibility index (Phi) is 4.78. The maximum absolute atomic E-state index is 11.1. The molecule has 94 valence electrons. The number of hydrogen-bond donors (Lipinski definition) is 2. The van der Waals surface area contributed by atoms with Crippen LogP contribution in [0.4, 0.5) is 0 Å². The summed E-state index contributed by atoms with van der Waals surface area (Å²) in [6.07, 6.45) is 3.24. The topological polar surface area (TPSA) is 57.5 Å². The lowest BCUT2D eigenvalue weighted by molar-refractivity contribution is -0.147. The molecule has 3 nitrogen and oxygen atoms in total. The number of aliphatic carboxylic acids is 1. The van der Waals surface area contributed by atoms with Gasteiger partial charge in [-0.2, -0.15) is 0 Å². The second-order valence-corrected chi connectivity index (χ2v) is 5.62. The number of rotatable bonds is 4. The van der Waals surface area contributed by atoms with Crippen molar-refractivity contribution >= 4 is 5.97 Å². The zero-order valence-corrected chi connectivity index (χ0v) is 10.5. The van der Waals surface area contributed by atoms with E-state index in [9.17, 15) is 9.90 Å². The molecule has 2 N–H and O–H groups in total. The molecule has 0 heterocycles. The molecule has 0 aromatic heterocycles. The van der Waals surface area contributed by atoms with E-state index in [-0.39, 0.29) is 12.5 Å². The van der Waals surface area contributed by atoms with Crippen molar-refractivity contribution in [3.05, 3.63) is 0 Å². The summed E-state index contributed by atoms with van der Waals surface area (Å²) in [4.78, 5) is 11.1. The fourth-order valence-electron chi connectivity index (χ4n) is 3.14. The zero-order valence-electron chi connectivity index (χ0n) is 10.5. The molecule has 1 rings (SSSR count). The highest BCUT2D eigenvalue weighted by molar-refractivity contribution is 5.70.